The van der Waals surface area contributed by atoms with E-state index in [9.17, 15) is 9.59 Å². The van der Waals surface area contributed by atoms with E-state index < -0.39 is 0 Å². The van der Waals surface area contributed by atoms with Crippen LogP contribution in [0.15, 0.2) is 46.9 Å². The maximum Gasteiger partial charge on any atom is 0.229 e. The predicted octanol–water partition coefficient (Wildman–Crippen LogP) is 4.01. The Bertz CT molecular complexity index is 820. The maximum absolute atomic E-state index is 12.7. The minimum absolute atomic E-state index is 0.0400. The summed E-state index contributed by atoms with van der Waals surface area (Å²) >= 11 is 3.45. The van der Waals surface area contributed by atoms with Crippen LogP contribution >= 0.6 is 15.9 Å². The van der Waals surface area contributed by atoms with Crippen LogP contribution in [-0.4, -0.2) is 25.5 Å². The number of aryl methyl sites for hydroxylation is 1. The van der Waals surface area contributed by atoms with E-state index in [1.807, 2.05) is 49.4 Å². The van der Waals surface area contributed by atoms with Gasteiger partial charge in [-0.05, 0) is 54.4 Å². The Morgan fingerprint density at radius 2 is 2.00 bits per heavy atom. The summed E-state index contributed by atoms with van der Waals surface area (Å²) in [5, 5.41) is 2.98. The highest BCUT2D eigenvalue weighted by Crippen LogP contribution is 2.28. The van der Waals surface area contributed by atoms with Crippen molar-refractivity contribution in [3.63, 3.8) is 0 Å². The van der Waals surface area contributed by atoms with Crippen LogP contribution in [0, 0.1) is 5.92 Å². The van der Waals surface area contributed by atoms with Crippen LogP contribution in [0.4, 0.5) is 11.4 Å². The second-order valence-electron chi connectivity index (χ2n) is 6.25. The molecule has 2 aromatic rings. The predicted molar refractivity (Wildman–Crippen MR) is 106 cm³/mol. The van der Waals surface area contributed by atoms with Crippen molar-refractivity contribution in [2.45, 2.75) is 19.8 Å². The Balaban J connectivity index is 1.70. The molecule has 26 heavy (non-hydrogen) atoms. The molecule has 6 heteroatoms. The summed E-state index contributed by atoms with van der Waals surface area (Å²) in [4.78, 5) is 26.7. The van der Waals surface area contributed by atoms with Gasteiger partial charge in [0, 0.05) is 28.8 Å². The lowest BCUT2D eigenvalue weighted by Crippen LogP contribution is -2.28. The number of amides is 2. The third kappa shape index (κ3) is 3.90. The first-order valence-electron chi connectivity index (χ1n) is 8.55. The van der Waals surface area contributed by atoms with E-state index in [0.717, 1.165) is 33.6 Å². The van der Waals surface area contributed by atoms with E-state index in [4.69, 9.17) is 4.74 Å². The van der Waals surface area contributed by atoms with Crippen molar-refractivity contribution in [1.82, 2.24) is 0 Å². The highest BCUT2D eigenvalue weighted by molar-refractivity contribution is 9.10. The Morgan fingerprint density at radius 3 is 2.65 bits per heavy atom. The lowest BCUT2D eigenvalue weighted by atomic mass is 10.1. The van der Waals surface area contributed by atoms with Gasteiger partial charge in [-0.2, -0.15) is 0 Å². The molecule has 5 nitrogen and oxygen atoms in total. The van der Waals surface area contributed by atoms with Gasteiger partial charge in [-0.1, -0.05) is 22.9 Å². The van der Waals surface area contributed by atoms with Crippen molar-refractivity contribution in [3.8, 4) is 5.75 Å². The fourth-order valence-electron chi connectivity index (χ4n) is 3.11. The second-order valence-corrected chi connectivity index (χ2v) is 7.16. The molecular formula is C20H21BrN2O3. The molecule has 1 aliphatic heterocycles. The number of nitrogens with zero attached hydrogens (tertiary/aromatic N) is 1. The zero-order valence-electron chi connectivity index (χ0n) is 14.8. The largest absolute Gasteiger partial charge is 0.497 e. The van der Waals surface area contributed by atoms with Crippen LogP contribution in [-0.2, 0) is 16.0 Å². The summed E-state index contributed by atoms with van der Waals surface area (Å²) < 4.78 is 6.12. The quantitative estimate of drug-likeness (QED) is 0.800. The van der Waals surface area contributed by atoms with E-state index in [-0.39, 0.29) is 24.2 Å². The first kappa shape index (κ1) is 18.5. The molecule has 136 valence electrons. The van der Waals surface area contributed by atoms with E-state index in [2.05, 4.69) is 21.2 Å². The van der Waals surface area contributed by atoms with Gasteiger partial charge in [0.1, 0.15) is 5.75 Å². The van der Waals surface area contributed by atoms with Crippen molar-refractivity contribution >= 4 is 39.1 Å². The summed E-state index contributed by atoms with van der Waals surface area (Å²) in [6.45, 7) is 2.43. The summed E-state index contributed by atoms with van der Waals surface area (Å²) in [5.41, 5.74) is 2.64. The molecule has 0 bridgehead atoms. The molecule has 2 aromatic carbocycles. The number of rotatable bonds is 5. The van der Waals surface area contributed by atoms with Crippen molar-refractivity contribution in [3.05, 3.63) is 52.5 Å². The number of anilines is 2. The molecule has 1 saturated heterocycles. The molecule has 3 rings (SSSR count). The number of halogens is 1. The third-order valence-electron chi connectivity index (χ3n) is 4.59. The maximum atomic E-state index is 12.7. The number of carbonyl (C=O) groups is 2. The standard InChI is InChI=1S/C20H21BrN2O3/c1-3-13-10-15(21)4-9-18(13)22-20(25)14-11-19(24)23(12-14)16-5-7-17(26-2)8-6-16/h4-10,14H,3,11-12H2,1-2H3,(H,22,25)/t14-/m1/s1. The molecule has 1 N–H and O–H groups in total. The van der Waals surface area contributed by atoms with Crippen molar-refractivity contribution < 1.29 is 14.3 Å². The third-order valence-corrected chi connectivity index (χ3v) is 5.08. The lowest BCUT2D eigenvalue weighted by Gasteiger charge is -2.17. The van der Waals surface area contributed by atoms with E-state index in [1.165, 1.54) is 0 Å². The van der Waals surface area contributed by atoms with E-state index >= 15 is 0 Å². The van der Waals surface area contributed by atoms with Crippen LogP contribution in [0.5, 0.6) is 5.75 Å². The molecule has 1 atom stereocenters. The van der Waals surface area contributed by atoms with Gasteiger partial charge in [0.15, 0.2) is 0 Å². The summed E-state index contributed by atoms with van der Waals surface area (Å²) in [6.07, 6.45) is 1.03. The average molecular weight is 417 g/mol. The van der Waals surface area contributed by atoms with Crippen molar-refractivity contribution in [2.75, 3.05) is 23.9 Å². The fourth-order valence-corrected chi connectivity index (χ4v) is 3.51. The summed E-state index contributed by atoms with van der Waals surface area (Å²) in [6, 6.07) is 13.1. The van der Waals surface area contributed by atoms with Crippen molar-refractivity contribution in [2.24, 2.45) is 5.92 Å². The molecule has 0 unspecified atom stereocenters. The zero-order chi connectivity index (χ0) is 18.7. The minimum atomic E-state index is -0.363. The minimum Gasteiger partial charge on any atom is -0.497 e. The van der Waals surface area contributed by atoms with Crippen LogP contribution in [0.25, 0.3) is 0 Å². The molecule has 1 heterocycles. The van der Waals surface area contributed by atoms with Gasteiger partial charge in [0.05, 0.1) is 13.0 Å². The first-order chi connectivity index (χ1) is 12.5. The number of methoxy groups -OCH3 is 1. The highest BCUT2D eigenvalue weighted by atomic mass is 79.9. The Hall–Kier alpha value is -2.34. The molecular weight excluding hydrogens is 396 g/mol. The number of hydrogen-bond donors (Lipinski definition) is 1. The highest BCUT2D eigenvalue weighted by Gasteiger charge is 2.35. The Morgan fingerprint density at radius 1 is 1.27 bits per heavy atom. The van der Waals surface area contributed by atoms with Crippen LogP contribution in [0.2, 0.25) is 0 Å². The van der Waals surface area contributed by atoms with E-state index in [0.29, 0.717) is 6.54 Å². The Kier molecular flexibility index (Phi) is 5.61. The SMILES string of the molecule is CCc1cc(Br)ccc1NC(=O)[C@@H]1CC(=O)N(c2ccc(OC)cc2)C1. The molecule has 0 saturated carbocycles. The molecule has 0 aliphatic carbocycles. The monoisotopic (exact) mass is 416 g/mol. The smallest absolute Gasteiger partial charge is 0.229 e. The van der Waals surface area contributed by atoms with Gasteiger partial charge in [0.2, 0.25) is 11.8 Å². The summed E-state index contributed by atoms with van der Waals surface area (Å²) in [7, 11) is 1.60. The van der Waals surface area contributed by atoms with E-state index in [1.54, 1.807) is 12.0 Å². The average Bonchev–Trinajstić information content (AvgIpc) is 3.05. The van der Waals surface area contributed by atoms with Gasteiger partial charge in [-0.3, -0.25) is 9.59 Å². The van der Waals surface area contributed by atoms with Gasteiger partial charge in [0.25, 0.3) is 0 Å². The van der Waals surface area contributed by atoms with Gasteiger partial charge < -0.3 is 15.0 Å². The van der Waals surface area contributed by atoms with Crippen LogP contribution in [0.1, 0.15) is 18.9 Å². The van der Waals surface area contributed by atoms with Crippen LogP contribution in [0.3, 0.4) is 0 Å². The van der Waals surface area contributed by atoms with Crippen LogP contribution < -0.4 is 15.0 Å². The number of hydrogen-bond acceptors (Lipinski definition) is 3. The molecule has 1 aliphatic rings. The first-order valence-corrected chi connectivity index (χ1v) is 9.34. The molecule has 0 radical (unpaired) electrons. The molecule has 1 fully saturated rings. The van der Waals surface area contributed by atoms with Crippen molar-refractivity contribution in [1.29, 1.82) is 0 Å². The lowest BCUT2D eigenvalue weighted by molar-refractivity contribution is -0.122. The molecule has 2 amide bonds. The van der Waals surface area contributed by atoms with Gasteiger partial charge in [-0.15, -0.1) is 0 Å². The normalized spacial score (nSPS) is 16.7. The fraction of sp³-hybridized carbons (Fsp3) is 0.300. The van der Waals surface area contributed by atoms with Gasteiger partial charge in [-0.25, -0.2) is 0 Å². The molecule has 0 aromatic heterocycles. The van der Waals surface area contributed by atoms with Gasteiger partial charge >= 0.3 is 0 Å². The number of nitrogens with one attached hydrogen (secondary N) is 1. The zero-order valence-corrected chi connectivity index (χ0v) is 16.4. The summed E-state index contributed by atoms with van der Waals surface area (Å²) in [5.74, 6) is 0.211. The topological polar surface area (TPSA) is 58.6 Å². The number of benzene rings is 2. The second kappa shape index (κ2) is 7.91. The Labute approximate surface area is 161 Å². The number of carbonyl (C=O) groups excluding carboxylic acids is 2. The number of ether oxygens (including phenoxy) is 1. The molecule has 0 spiro atoms.